The Morgan fingerprint density at radius 2 is 1.86 bits per heavy atom. The summed E-state index contributed by atoms with van der Waals surface area (Å²) in [5.41, 5.74) is 1.26. The second-order valence-corrected chi connectivity index (χ2v) is 6.61. The number of para-hydroxylation sites is 1. The van der Waals surface area contributed by atoms with E-state index in [9.17, 15) is 9.59 Å². The molecular formula is C20H25N5O3. The van der Waals surface area contributed by atoms with E-state index >= 15 is 0 Å². The molecule has 1 N–H and O–H groups in total. The molecule has 1 aromatic carbocycles. The molecule has 0 bridgehead atoms. The van der Waals surface area contributed by atoms with Crippen LogP contribution in [-0.2, 0) is 4.74 Å². The Labute approximate surface area is 164 Å². The minimum atomic E-state index is -0.295. The van der Waals surface area contributed by atoms with Crippen LogP contribution in [-0.4, -0.2) is 59.9 Å². The Balaban J connectivity index is 1.53. The Morgan fingerprint density at radius 3 is 2.46 bits per heavy atom. The molecule has 1 aliphatic rings. The highest BCUT2D eigenvalue weighted by Gasteiger charge is 2.25. The quantitative estimate of drug-likeness (QED) is 0.854. The zero-order valence-electron chi connectivity index (χ0n) is 16.2. The van der Waals surface area contributed by atoms with Crippen LogP contribution < -0.4 is 10.2 Å². The number of anilines is 2. The summed E-state index contributed by atoms with van der Waals surface area (Å²) in [5, 5.41) is 11.2. The van der Waals surface area contributed by atoms with Crippen LogP contribution in [0.2, 0.25) is 0 Å². The van der Waals surface area contributed by atoms with Gasteiger partial charge in [-0.15, -0.1) is 10.2 Å². The molecule has 2 heterocycles. The lowest BCUT2D eigenvalue weighted by Crippen LogP contribution is -2.46. The van der Waals surface area contributed by atoms with Crippen molar-refractivity contribution in [3.8, 4) is 0 Å². The van der Waals surface area contributed by atoms with Crippen LogP contribution in [0, 0.1) is 0 Å². The molecule has 0 radical (unpaired) electrons. The third-order valence-electron chi connectivity index (χ3n) is 4.73. The third kappa shape index (κ3) is 4.76. The fourth-order valence-corrected chi connectivity index (χ4v) is 3.09. The number of benzene rings is 1. The Kier molecular flexibility index (Phi) is 6.41. The maximum absolute atomic E-state index is 12.4. The maximum atomic E-state index is 12.4. The lowest BCUT2D eigenvalue weighted by molar-refractivity contribution is 0.0856. The van der Waals surface area contributed by atoms with E-state index in [2.05, 4.69) is 15.5 Å². The van der Waals surface area contributed by atoms with E-state index in [0.717, 1.165) is 5.69 Å². The van der Waals surface area contributed by atoms with E-state index in [4.69, 9.17) is 4.74 Å². The van der Waals surface area contributed by atoms with E-state index < -0.39 is 0 Å². The first-order valence-corrected chi connectivity index (χ1v) is 9.43. The first kappa shape index (κ1) is 19.6. The molecule has 8 heteroatoms. The zero-order chi connectivity index (χ0) is 19.9. The summed E-state index contributed by atoms with van der Waals surface area (Å²) in [6, 6.07) is 13.3. The van der Waals surface area contributed by atoms with Gasteiger partial charge in [-0.3, -0.25) is 4.79 Å². The van der Waals surface area contributed by atoms with Gasteiger partial charge in [0.25, 0.3) is 5.91 Å². The molecule has 0 atom stereocenters. The number of piperidine rings is 1. The van der Waals surface area contributed by atoms with Crippen LogP contribution in [0.1, 0.15) is 30.3 Å². The summed E-state index contributed by atoms with van der Waals surface area (Å²) in [5.74, 6) is 0.404. The van der Waals surface area contributed by atoms with Crippen molar-refractivity contribution >= 4 is 23.5 Å². The number of carbonyl (C=O) groups is 2. The highest BCUT2D eigenvalue weighted by Crippen LogP contribution is 2.20. The molecule has 1 aromatic heterocycles. The smallest absolute Gasteiger partial charge is 0.409 e. The van der Waals surface area contributed by atoms with Crippen LogP contribution >= 0.6 is 0 Å². The monoisotopic (exact) mass is 383 g/mol. The molecule has 3 rings (SSSR count). The van der Waals surface area contributed by atoms with Gasteiger partial charge in [0.05, 0.1) is 6.61 Å². The van der Waals surface area contributed by atoms with Gasteiger partial charge in [0.1, 0.15) is 0 Å². The number of nitrogens with one attached hydrogen (secondary N) is 1. The molecule has 0 unspecified atom stereocenters. The van der Waals surface area contributed by atoms with Crippen LogP contribution in [0.15, 0.2) is 42.5 Å². The van der Waals surface area contributed by atoms with Gasteiger partial charge in [0.15, 0.2) is 11.5 Å². The Bertz CT molecular complexity index is 789. The van der Waals surface area contributed by atoms with Crippen LogP contribution in [0.3, 0.4) is 0 Å². The number of ether oxygens (including phenoxy) is 1. The number of hydrogen-bond donors (Lipinski definition) is 1. The van der Waals surface area contributed by atoms with Crippen molar-refractivity contribution in [1.29, 1.82) is 0 Å². The first-order chi connectivity index (χ1) is 13.6. The van der Waals surface area contributed by atoms with Crippen molar-refractivity contribution in [1.82, 2.24) is 20.4 Å². The predicted octanol–water partition coefficient (Wildman–Crippen LogP) is 2.60. The molecular weight excluding hydrogens is 358 g/mol. The summed E-state index contributed by atoms with van der Waals surface area (Å²) in [7, 11) is 1.90. The molecule has 2 aromatic rings. The van der Waals surface area contributed by atoms with E-state index in [1.54, 1.807) is 24.0 Å². The normalized spacial score (nSPS) is 14.4. The van der Waals surface area contributed by atoms with Gasteiger partial charge in [-0.25, -0.2) is 4.79 Å². The first-order valence-electron chi connectivity index (χ1n) is 9.43. The molecule has 28 heavy (non-hydrogen) atoms. The van der Waals surface area contributed by atoms with Crippen LogP contribution in [0.25, 0.3) is 0 Å². The van der Waals surface area contributed by atoms with Crippen molar-refractivity contribution in [2.45, 2.75) is 25.8 Å². The number of carbonyl (C=O) groups excluding carboxylic acids is 2. The van der Waals surface area contributed by atoms with Crippen molar-refractivity contribution in [3.05, 3.63) is 48.2 Å². The van der Waals surface area contributed by atoms with Crippen LogP contribution in [0.4, 0.5) is 16.3 Å². The Morgan fingerprint density at radius 1 is 1.14 bits per heavy atom. The van der Waals surface area contributed by atoms with E-state index in [0.29, 0.717) is 38.4 Å². The van der Waals surface area contributed by atoms with E-state index in [-0.39, 0.29) is 23.7 Å². The van der Waals surface area contributed by atoms with Crippen molar-refractivity contribution in [2.75, 3.05) is 31.6 Å². The average Bonchev–Trinajstić information content (AvgIpc) is 2.74. The second kappa shape index (κ2) is 9.16. The van der Waals surface area contributed by atoms with E-state index in [1.165, 1.54) is 0 Å². The van der Waals surface area contributed by atoms with Crippen molar-refractivity contribution in [2.24, 2.45) is 0 Å². The van der Waals surface area contributed by atoms with Gasteiger partial charge in [0.2, 0.25) is 0 Å². The zero-order valence-corrected chi connectivity index (χ0v) is 16.2. The molecule has 1 saturated heterocycles. The van der Waals surface area contributed by atoms with Crippen LogP contribution in [0.5, 0.6) is 0 Å². The minimum absolute atomic E-state index is 0.00615. The molecule has 148 valence electrons. The van der Waals surface area contributed by atoms with Gasteiger partial charge in [-0.05, 0) is 44.0 Å². The molecule has 0 saturated carbocycles. The summed E-state index contributed by atoms with van der Waals surface area (Å²) >= 11 is 0. The van der Waals surface area contributed by atoms with Gasteiger partial charge < -0.3 is 19.9 Å². The number of aromatic nitrogens is 2. The Hall–Kier alpha value is -3.16. The van der Waals surface area contributed by atoms with Gasteiger partial charge >= 0.3 is 6.09 Å². The fourth-order valence-electron chi connectivity index (χ4n) is 3.09. The molecule has 2 amide bonds. The summed E-state index contributed by atoms with van der Waals surface area (Å²) in [6.45, 7) is 3.28. The molecule has 1 aliphatic heterocycles. The summed E-state index contributed by atoms with van der Waals surface area (Å²) in [6.07, 6.45) is 1.08. The van der Waals surface area contributed by atoms with E-state index in [1.807, 2.05) is 42.3 Å². The predicted molar refractivity (Wildman–Crippen MR) is 106 cm³/mol. The molecule has 8 nitrogen and oxygen atoms in total. The molecule has 1 fully saturated rings. The highest BCUT2D eigenvalue weighted by molar-refractivity contribution is 5.92. The van der Waals surface area contributed by atoms with Gasteiger partial charge in [-0.1, -0.05) is 18.2 Å². The highest BCUT2D eigenvalue weighted by atomic mass is 16.6. The number of nitrogens with zero attached hydrogens (tertiary/aromatic N) is 4. The topological polar surface area (TPSA) is 87.7 Å². The van der Waals surface area contributed by atoms with Gasteiger partial charge in [-0.2, -0.15) is 0 Å². The number of amides is 2. The van der Waals surface area contributed by atoms with Gasteiger partial charge in [0, 0.05) is 31.9 Å². The molecule has 0 spiro atoms. The number of likely N-dealkylation sites (tertiary alicyclic amines) is 1. The number of hydrogen-bond acceptors (Lipinski definition) is 6. The van der Waals surface area contributed by atoms with Crippen molar-refractivity contribution in [3.63, 3.8) is 0 Å². The standard InChI is InChI=1S/C20H25N5O3/c1-3-28-20(27)25-13-11-15(12-14-25)21-19(26)17-9-10-18(23-22-17)24(2)16-7-5-4-6-8-16/h4-10,15H,3,11-14H2,1-2H3,(H,21,26). The maximum Gasteiger partial charge on any atom is 0.409 e. The largest absolute Gasteiger partial charge is 0.450 e. The summed E-state index contributed by atoms with van der Waals surface area (Å²) < 4.78 is 5.01. The minimum Gasteiger partial charge on any atom is -0.450 e. The SMILES string of the molecule is CCOC(=O)N1CCC(NC(=O)c2ccc(N(C)c3ccccc3)nn2)CC1. The lowest BCUT2D eigenvalue weighted by atomic mass is 10.1. The fraction of sp³-hybridized carbons (Fsp3) is 0.400. The second-order valence-electron chi connectivity index (χ2n) is 6.61. The molecule has 0 aliphatic carbocycles. The third-order valence-corrected chi connectivity index (χ3v) is 4.73. The summed E-state index contributed by atoms with van der Waals surface area (Å²) in [4.78, 5) is 27.8. The van der Waals surface area contributed by atoms with Crippen molar-refractivity contribution < 1.29 is 14.3 Å². The number of rotatable bonds is 5. The average molecular weight is 383 g/mol. The lowest BCUT2D eigenvalue weighted by Gasteiger charge is -2.31.